The summed E-state index contributed by atoms with van der Waals surface area (Å²) in [4.78, 5) is 1.16. The fraction of sp³-hybridized carbons (Fsp3) is 0.412. The average molecular weight is 307 g/mol. The highest BCUT2D eigenvalue weighted by Crippen LogP contribution is 2.29. The highest BCUT2D eigenvalue weighted by Gasteiger charge is 2.14. The van der Waals surface area contributed by atoms with E-state index in [2.05, 4.69) is 12.2 Å². The Bertz CT molecular complexity index is 568. The van der Waals surface area contributed by atoms with E-state index in [-0.39, 0.29) is 11.9 Å². The minimum Gasteiger partial charge on any atom is -0.488 e. The number of benzene rings is 1. The van der Waals surface area contributed by atoms with E-state index in [1.807, 2.05) is 24.4 Å². The van der Waals surface area contributed by atoms with Crippen molar-refractivity contribution in [2.45, 2.75) is 39.8 Å². The average Bonchev–Trinajstić information content (AvgIpc) is 2.98. The van der Waals surface area contributed by atoms with Crippen LogP contribution in [-0.2, 0) is 6.61 Å². The van der Waals surface area contributed by atoms with E-state index in [1.54, 1.807) is 30.4 Å². The van der Waals surface area contributed by atoms with Gasteiger partial charge in [0.15, 0.2) is 0 Å². The van der Waals surface area contributed by atoms with Crippen LogP contribution < -0.4 is 10.1 Å². The summed E-state index contributed by atoms with van der Waals surface area (Å²) in [5.74, 6) is 0.581. The second-order valence-electron chi connectivity index (χ2n) is 5.18. The number of halogens is 1. The van der Waals surface area contributed by atoms with Gasteiger partial charge in [-0.2, -0.15) is 0 Å². The predicted octanol–water partition coefficient (Wildman–Crippen LogP) is 4.84. The van der Waals surface area contributed by atoms with Gasteiger partial charge in [0.1, 0.15) is 18.2 Å². The first-order chi connectivity index (χ1) is 10.1. The molecule has 1 aromatic heterocycles. The van der Waals surface area contributed by atoms with Gasteiger partial charge in [-0.25, -0.2) is 4.39 Å². The molecule has 0 aliphatic rings. The molecule has 2 rings (SSSR count). The van der Waals surface area contributed by atoms with Gasteiger partial charge in [0.25, 0.3) is 0 Å². The number of ether oxygens (including phenoxy) is 1. The van der Waals surface area contributed by atoms with Crippen LogP contribution in [0.25, 0.3) is 0 Å². The third-order valence-corrected chi connectivity index (χ3v) is 4.26. The van der Waals surface area contributed by atoms with Crippen LogP contribution in [0.3, 0.4) is 0 Å². The van der Waals surface area contributed by atoms with Gasteiger partial charge in [-0.15, -0.1) is 11.3 Å². The zero-order valence-electron chi connectivity index (χ0n) is 12.8. The Morgan fingerprint density at radius 1 is 1.38 bits per heavy atom. The highest BCUT2D eigenvalue weighted by atomic mass is 32.1. The summed E-state index contributed by atoms with van der Waals surface area (Å²) >= 11 is 1.66. The lowest BCUT2D eigenvalue weighted by Crippen LogP contribution is -2.20. The van der Waals surface area contributed by atoms with Gasteiger partial charge in [-0.1, -0.05) is 13.0 Å². The molecule has 1 unspecified atom stereocenters. The van der Waals surface area contributed by atoms with Crippen molar-refractivity contribution >= 4 is 11.3 Å². The number of thiophene rings is 1. The normalized spacial score (nSPS) is 12.4. The van der Waals surface area contributed by atoms with Gasteiger partial charge in [-0.05, 0) is 56.0 Å². The third kappa shape index (κ3) is 4.29. The van der Waals surface area contributed by atoms with Crippen LogP contribution in [-0.4, -0.2) is 6.54 Å². The van der Waals surface area contributed by atoms with Crippen molar-refractivity contribution in [2.24, 2.45) is 0 Å². The zero-order valence-corrected chi connectivity index (χ0v) is 13.6. The molecule has 2 aromatic rings. The monoisotopic (exact) mass is 307 g/mol. The summed E-state index contributed by atoms with van der Waals surface area (Å²) in [7, 11) is 0. The molecule has 1 aromatic carbocycles. The summed E-state index contributed by atoms with van der Waals surface area (Å²) in [6.45, 7) is 7.35. The lowest BCUT2D eigenvalue weighted by atomic mass is 10.0. The summed E-state index contributed by atoms with van der Waals surface area (Å²) in [5.41, 5.74) is 1.49. The summed E-state index contributed by atoms with van der Waals surface area (Å²) < 4.78 is 19.8. The van der Waals surface area contributed by atoms with Gasteiger partial charge in [0, 0.05) is 16.5 Å². The van der Waals surface area contributed by atoms with Gasteiger partial charge in [-0.3, -0.25) is 0 Å². The lowest BCUT2D eigenvalue weighted by Gasteiger charge is -2.19. The Morgan fingerprint density at radius 2 is 2.19 bits per heavy atom. The molecule has 0 amide bonds. The molecule has 0 saturated carbocycles. The lowest BCUT2D eigenvalue weighted by molar-refractivity contribution is 0.302. The number of rotatable bonds is 7. The molecular weight excluding hydrogens is 285 g/mol. The Labute approximate surface area is 130 Å². The largest absolute Gasteiger partial charge is 0.488 e. The smallest absolute Gasteiger partial charge is 0.126 e. The van der Waals surface area contributed by atoms with Crippen LogP contribution in [0.4, 0.5) is 4.39 Å². The molecule has 0 radical (unpaired) electrons. The van der Waals surface area contributed by atoms with E-state index in [0.717, 1.165) is 29.2 Å². The van der Waals surface area contributed by atoms with Crippen LogP contribution in [0.2, 0.25) is 0 Å². The molecule has 0 fully saturated rings. The SMILES string of the molecule is CCCNC(C)c1cc(F)c(C)cc1OCc1cccs1. The molecule has 1 heterocycles. The molecule has 21 heavy (non-hydrogen) atoms. The first-order valence-electron chi connectivity index (χ1n) is 7.30. The molecule has 1 N–H and O–H groups in total. The number of nitrogens with one attached hydrogen (secondary N) is 1. The zero-order chi connectivity index (χ0) is 15.2. The van der Waals surface area contributed by atoms with E-state index < -0.39 is 0 Å². The summed E-state index contributed by atoms with van der Waals surface area (Å²) in [6, 6.07) is 7.50. The molecule has 0 saturated heterocycles. The summed E-state index contributed by atoms with van der Waals surface area (Å²) in [5, 5.41) is 5.41. The van der Waals surface area contributed by atoms with Gasteiger partial charge >= 0.3 is 0 Å². The van der Waals surface area contributed by atoms with Crippen molar-refractivity contribution in [2.75, 3.05) is 6.54 Å². The van der Waals surface area contributed by atoms with Crippen molar-refractivity contribution in [3.63, 3.8) is 0 Å². The first-order valence-corrected chi connectivity index (χ1v) is 8.18. The van der Waals surface area contributed by atoms with Crippen LogP contribution >= 0.6 is 11.3 Å². The second-order valence-corrected chi connectivity index (χ2v) is 6.22. The molecule has 0 spiro atoms. The third-order valence-electron chi connectivity index (χ3n) is 3.41. The van der Waals surface area contributed by atoms with Crippen molar-refractivity contribution in [1.29, 1.82) is 0 Å². The maximum absolute atomic E-state index is 13.9. The minimum absolute atomic E-state index is 0.0679. The predicted molar refractivity (Wildman–Crippen MR) is 86.5 cm³/mol. The number of hydrogen-bond donors (Lipinski definition) is 1. The maximum atomic E-state index is 13.9. The molecule has 2 nitrogen and oxygen atoms in total. The van der Waals surface area contributed by atoms with E-state index in [1.165, 1.54) is 0 Å². The van der Waals surface area contributed by atoms with E-state index in [0.29, 0.717) is 12.2 Å². The van der Waals surface area contributed by atoms with Crippen molar-refractivity contribution in [1.82, 2.24) is 5.32 Å². The van der Waals surface area contributed by atoms with E-state index in [4.69, 9.17) is 4.74 Å². The molecule has 0 aliphatic heterocycles. The highest BCUT2D eigenvalue weighted by molar-refractivity contribution is 7.09. The van der Waals surface area contributed by atoms with E-state index in [9.17, 15) is 4.39 Å². The van der Waals surface area contributed by atoms with Gasteiger partial charge in [0.05, 0.1) is 0 Å². The summed E-state index contributed by atoms with van der Waals surface area (Å²) in [6.07, 6.45) is 1.05. The van der Waals surface area contributed by atoms with Gasteiger partial charge < -0.3 is 10.1 Å². The Hall–Kier alpha value is -1.39. The topological polar surface area (TPSA) is 21.3 Å². The second kappa shape index (κ2) is 7.57. The molecule has 114 valence electrons. The van der Waals surface area contributed by atoms with Gasteiger partial charge in [0.2, 0.25) is 0 Å². The van der Waals surface area contributed by atoms with Crippen molar-refractivity contribution in [3.8, 4) is 5.75 Å². The molecule has 4 heteroatoms. The van der Waals surface area contributed by atoms with Crippen LogP contribution in [0, 0.1) is 12.7 Å². The van der Waals surface area contributed by atoms with Crippen LogP contribution in [0.15, 0.2) is 29.6 Å². The Morgan fingerprint density at radius 3 is 2.86 bits per heavy atom. The molecule has 0 bridgehead atoms. The standard InChI is InChI=1S/C17H22FNOS/c1-4-7-19-13(3)15-10-16(18)12(2)9-17(15)20-11-14-6-5-8-21-14/h5-6,8-10,13,19H,4,7,11H2,1-3H3. The quantitative estimate of drug-likeness (QED) is 0.790. The van der Waals surface area contributed by atoms with E-state index >= 15 is 0 Å². The molecule has 0 aliphatic carbocycles. The first kappa shape index (κ1) is 16.0. The number of aryl methyl sites for hydroxylation is 1. The Balaban J connectivity index is 2.18. The maximum Gasteiger partial charge on any atom is 0.126 e. The fourth-order valence-corrected chi connectivity index (χ4v) is 2.76. The van der Waals surface area contributed by atoms with Crippen LogP contribution in [0.5, 0.6) is 5.75 Å². The van der Waals surface area contributed by atoms with Crippen molar-refractivity contribution in [3.05, 3.63) is 51.5 Å². The fourth-order valence-electron chi connectivity index (χ4n) is 2.15. The molecular formula is C17H22FNOS. The molecule has 1 atom stereocenters. The van der Waals surface area contributed by atoms with Crippen LogP contribution in [0.1, 0.15) is 42.3 Å². The van der Waals surface area contributed by atoms with Crippen molar-refractivity contribution < 1.29 is 9.13 Å². The minimum atomic E-state index is -0.182. The Kier molecular flexibility index (Phi) is 5.76. The number of hydrogen-bond acceptors (Lipinski definition) is 3.